The van der Waals surface area contributed by atoms with Crippen molar-refractivity contribution in [3.63, 3.8) is 0 Å². The van der Waals surface area contributed by atoms with Crippen LogP contribution in [0.15, 0.2) is 85.1 Å². The fourth-order valence-corrected chi connectivity index (χ4v) is 3.12. The van der Waals surface area contributed by atoms with Gasteiger partial charge in [-0.15, -0.1) is 0 Å². The summed E-state index contributed by atoms with van der Waals surface area (Å²) in [6, 6.07) is 25.6. The minimum atomic E-state index is -0.257. The van der Waals surface area contributed by atoms with E-state index in [1.54, 1.807) is 16.9 Å². The van der Waals surface area contributed by atoms with Crippen molar-refractivity contribution in [1.82, 2.24) is 9.78 Å². The minimum absolute atomic E-state index is 0.239. The van der Waals surface area contributed by atoms with E-state index in [9.17, 15) is 4.79 Å². The number of carbonyl (C=O) groups is 1. The summed E-state index contributed by atoms with van der Waals surface area (Å²) >= 11 is 0. The molecule has 0 radical (unpaired) electrons. The van der Waals surface area contributed by atoms with Crippen molar-refractivity contribution in [3.8, 4) is 16.9 Å². The molecule has 0 fully saturated rings. The molecule has 3 aromatic carbocycles. The van der Waals surface area contributed by atoms with Gasteiger partial charge < -0.3 is 10.1 Å². The Bertz CT molecular complexity index is 1150. The van der Waals surface area contributed by atoms with Crippen LogP contribution in [0, 0.1) is 13.8 Å². The number of benzene rings is 3. The van der Waals surface area contributed by atoms with E-state index < -0.39 is 0 Å². The van der Waals surface area contributed by atoms with Gasteiger partial charge in [-0.25, -0.2) is 4.68 Å². The highest BCUT2D eigenvalue weighted by Gasteiger charge is 2.11. The fourth-order valence-electron chi connectivity index (χ4n) is 3.12. The lowest BCUT2D eigenvalue weighted by Gasteiger charge is -2.10. The highest BCUT2D eigenvalue weighted by molar-refractivity contribution is 6.02. The van der Waals surface area contributed by atoms with Crippen molar-refractivity contribution in [1.29, 1.82) is 0 Å². The molecule has 1 N–H and O–H groups in total. The molecule has 0 aliphatic heterocycles. The Labute approximate surface area is 175 Å². The standard InChI is InChI=1S/C25H23N3O2/c1-18-8-9-19(2)24(16-18)30-17-28-15-14-23(27-28)25(29)26-22-12-10-21(11-13-22)20-6-4-3-5-7-20/h3-16H,17H2,1-2H3,(H,26,29). The van der Waals surface area contributed by atoms with Crippen LogP contribution in [-0.4, -0.2) is 15.7 Å². The molecule has 0 saturated heterocycles. The molecule has 1 aromatic heterocycles. The van der Waals surface area contributed by atoms with Gasteiger partial charge in [-0.3, -0.25) is 4.79 Å². The van der Waals surface area contributed by atoms with E-state index in [1.807, 2.05) is 74.5 Å². The number of amides is 1. The van der Waals surface area contributed by atoms with E-state index >= 15 is 0 Å². The number of rotatable bonds is 6. The number of nitrogens with zero attached hydrogens (tertiary/aromatic N) is 2. The Morgan fingerprint density at radius 3 is 2.43 bits per heavy atom. The average Bonchev–Trinajstić information content (AvgIpc) is 3.25. The number of aromatic nitrogens is 2. The van der Waals surface area contributed by atoms with Crippen molar-refractivity contribution in [2.45, 2.75) is 20.6 Å². The van der Waals surface area contributed by atoms with Crippen LogP contribution in [-0.2, 0) is 6.73 Å². The second-order valence-electron chi connectivity index (χ2n) is 7.18. The molecule has 1 amide bonds. The van der Waals surface area contributed by atoms with E-state index in [4.69, 9.17) is 4.74 Å². The van der Waals surface area contributed by atoms with Gasteiger partial charge in [-0.1, -0.05) is 54.6 Å². The van der Waals surface area contributed by atoms with Crippen molar-refractivity contribution >= 4 is 11.6 Å². The molecule has 0 spiro atoms. The molecule has 30 heavy (non-hydrogen) atoms. The van der Waals surface area contributed by atoms with Crippen molar-refractivity contribution < 1.29 is 9.53 Å². The number of nitrogens with one attached hydrogen (secondary N) is 1. The summed E-state index contributed by atoms with van der Waals surface area (Å²) in [6.07, 6.45) is 1.73. The first-order valence-electron chi connectivity index (χ1n) is 9.79. The zero-order chi connectivity index (χ0) is 20.9. The Morgan fingerprint density at radius 1 is 0.933 bits per heavy atom. The molecule has 0 atom stereocenters. The van der Waals surface area contributed by atoms with Gasteiger partial charge in [0.1, 0.15) is 5.75 Å². The summed E-state index contributed by atoms with van der Waals surface area (Å²) in [7, 11) is 0. The molecule has 5 heteroatoms. The predicted molar refractivity (Wildman–Crippen MR) is 119 cm³/mol. The zero-order valence-corrected chi connectivity index (χ0v) is 17.0. The number of anilines is 1. The Hall–Kier alpha value is -3.86. The van der Waals surface area contributed by atoms with Gasteiger partial charge in [0.25, 0.3) is 5.91 Å². The fraction of sp³-hybridized carbons (Fsp3) is 0.120. The van der Waals surface area contributed by atoms with Crippen LogP contribution in [0.3, 0.4) is 0 Å². The van der Waals surface area contributed by atoms with Crippen molar-refractivity contribution in [2.75, 3.05) is 5.32 Å². The monoisotopic (exact) mass is 397 g/mol. The van der Waals surface area contributed by atoms with Crippen LogP contribution in [0.25, 0.3) is 11.1 Å². The van der Waals surface area contributed by atoms with Crippen LogP contribution in [0.1, 0.15) is 21.6 Å². The summed E-state index contributed by atoms with van der Waals surface area (Å²) in [4.78, 5) is 12.5. The van der Waals surface area contributed by atoms with Crippen LogP contribution >= 0.6 is 0 Å². The van der Waals surface area contributed by atoms with Crippen LogP contribution in [0.2, 0.25) is 0 Å². The van der Waals surface area contributed by atoms with E-state index in [1.165, 1.54) is 0 Å². The molecule has 4 aromatic rings. The first-order chi connectivity index (χ1) is 14.6. The average molecular weight is 397 g/mol. The van der Waals surface area contributed by atoms with Gasteiger partial charge in [0.05, 0.1) is 0 Å². The Morgan fingerprint density at radius 2 is 1.67 bits per heavy atom. The lowest BCUT2D eigenvalue weighted by molar-refractivity contribution is 0.102. The number of carbonyl (C=O) groups excluding carboxylic acids is 1. The van der Waals surface area contributed by atoms with Gasteiger partial charge >= 0.3 is 0 Å². The lowest BCUT2D eigenvalue weighted by Crippen LogP contribution is -2.14. The maximum Gasteiger partial charge on any atom is 0.276 e. The summed E-state index contributed by atoms with van der Waals surface area (Å²) in [5.74, 6) is 0.558. The van der Waals surface area contributed by atoms with Gasteiger partial charge in [-0.2, -0.15) is 5.10 Å². The second-order valence-corrected chi connectivity index (χ2v) is 7.18. The van der Waals surface area contributed by atoms with E-state index in [2.05, 4.69) is 22.5 Å². The van der Waals surface area contributed by atoms with E-state index in [0.717, 1.165) is 33.7 Å². The smallest absolute Gasteiger partial charge is 0.276 e. The maximum atomic E-state index is 12.5. The molecule has 0 saturated carbocycles. The number of aryl methyl sites for hydroxylation is 2. The number of ether oxygens (including phenoxy) is 1. The van der Waals surface area contributed by atoms with Crippen molar-refractivity contribution in [2.24, 2.45) is 0 Å². The molecule has 0 bridgehead atoms. The van der Waals surface area contributed by atoms with Gasteiger partial charge in [0.2, 0.25) is 0 Å². The lowest BCUT2D eigenvalue weighted by atomic mass is 10.1. The molecule has 1 heterocycles. The summed E-state index contributed by atoms with van der Waals surface area (Å²) in [6.45, 7) is 4.26. The van der Waals surface area contributed by atoms with Gasteiger partial charge in [0, 0.05) is 11.9 Å². The summed E-state index contributed by atoms with van der Waals surface area (Å²) < 4.78 is 7.45. The molecule has 5 nitrogen and oxygen atoms in total. The topological polar surface area (TPSA) is 56.1 Å². The second kappa shape index (κ2) is 8.66. The van der Waals surface area contributed by atoms with Gasteiger partial charge in [0.15, 0.2) is 12.4 Å². The highest BCUT2D eigenvalue weighted by atomic mass is 16.5. The Kier molecular flexibility index (Phi) is 5.61. The third-order valence-corrected chi connectivity index (χ3v) is 4.82. The molecule has 0 unspecified atom stereocenters. The first-order valence-corrected chi connectivity index (χ1v) is 9.79. The van der Waals surface area contributed by atoms with E-state index in [-0.39, 0.29) is 12.6 Å². The molecule has 0 aliphatic rings. The molecule has 150 valence electrons. The Balaban J connectivity index is 1.37. The van der Waals surface area contributed by atoms with Gasteiger partial charge in [-0.05, 0) is 60.4 Å². The normalized spacial score (nSPS) is 10.6. The first kappa shape index (κ1) is 19.5. The van der Waals surface area contributed by atoms with Crippen LogP contribution < -0.4 is 10.1 Å². The van der Waals surface area contributed by atoms with E-state index in [0.29, 0.717) is 5.69 Å². The predicted octanol–water partition coefficient (Wildman–Crippen LogP) is 5.46. The molecule has 0 aliphatic carbocycles. The molecular weight excluding hydrogens is 374 g/mol. The zero-order valence-electron chi connectivity index (χ0n) is 17.0. The SMILES string of the molecule is Cc1ccc(C)c(OCn2ccc(C(=O)Nc3ccc(-c4ccccc4)cc3)n2)c1. The third-order valence-electron chi connectivity index (χ3n) is 4.82. The quantitative estimate of drug-likeness (QED) is 0.470. The summed E-state index contributed by atoms with van der Waals surface area (Å²) in [5, 5.41) is 7.20. The summed E-state index contributed by atoms with van der Waals surface area (Å²) in [5.41, 5.74) is 5.49. The highest BCUT2D eigenvalue weighted by Crippen LogP contribution is 2.22. The number of hydrogen-bond acceptors (Lipinski definition) is 3. The van der Waals surface area contributed by atoms with Crippen LogP contribution in [0.4, 0.5) is 5.69 Å². The largest absolute Gasteiger partial charge is 0.471 e. The molecular formula is C25H23N3O2. The molecule has 4 rings (SSSR count). The number of hydrogen-bond donors (Lipinski definition) is 1. The van der Waals surface area contributed by atoms with Crippen LogP contribution in [0.5, 0.6) is 5.75 Å². The maximum absolute atomic E-state index is 12.5. The third kappa shape index (κ3) is 4.58. The minimum Gasteiger partial charge on any atom is -0.471 e. The van der Waals surface area contributed by atoms with Crippen molar-refractivity contribution in [3.05, 3.63) is 102 Å².